The highest BCUT2D eigenvalue weighted by Crippen LogP contribution is 2.28. The van der Waals surface area contributed by atoms with Crippen LogP contribution in [0.2, 0.25) is 0 Å². The van der Waals surface area contributed by atoms with Crippen molar-refractivity contribution in [2.45, 2.75) is 24.1 Å². The normalized spacial score (nSPS) is 11.2. The molecule has 0 bridgehead atoms. The molecule has 0 fully saturated rings. The van der Waals surface area contributed by atoms with Gasteiger partial charge in [-0.05, 0) is 0 Å². The van der Waals surface area contributed by atoms with Crippen LogP contribution < -0.4 is 5.32 Å². The van der Waals surface area contributed by atoms with Crippen molar-refractivity contribution in [2.24, 2.45) is 0 Å². The first-order valence-corrected chi connectivity index (χ1v) is 5.64. The fourth-order valence-electron chi connectivity index (χ4n) is 1.23. The Labute approximate surface area is 92.1 Å². The lowest BCUT2D eigenvalue weighted by Crippen LogP contribution is -1.99. The second-order valence-electron chi connectivity index (χ2n) is 3.40. The summed E-state index contributed by atoms with van der Waals surface area (Å²) in [7, 11) is 1.81. The number of nitrogens with one attached hydrogen (secondary N) is 2. The largest absolute Gasteiger partial charge is 0.357 e. The summed E-state index contributed by atoms with van der Waals surface area (Å²) in [6.45, 7) is 4.27. The molecule has 2 N–H and O–H groups in total. The average Bonchev–Trinajstić information content (AvgIpc) is 2.64. The van der Waals surface area contributed by atoms with Gasteiger partial charge in [-0.25, -0.2) is 4.98 Å². The van der Waals surface area contributed by atoms with Crippen LogP contribution in [0.4, 0.5) is 5.95 Å². The molecule has 0 spiro atoms. The summed E-state index contributed by atoms with van der Waals surface area (Å²) < 4.78 is 0. The number of rotatable bonds is 3. The fraction of sp³-hybridized carbons (Fsp3) is 0.444. The molecule has 80 valence electrons. The minimum Gasteiger partial charge on any atom is -0.357 e. The van der Waals surface area contributed by atoms with Crippen LogP contribution >= 0.6 is 11.8 Å². The fourth-order valence-corrected chi connectivity index (χ4v) is 2.10. The molecular formula is C9H13N5S. The van der Waals surface area contributed by atoms with Crippen molar-refractivity contribution in [3.05, 3.63) is 6.20 Å². The van der Waals surface area contributed by atoms with Gasteiger partial charge in [0.05, 0.1) is 11.6 Å². The summed E-state index contributed by atoms with van der Waals surface area (Å²) in [6, 6.07) is 0. The van der Waals surface area contributed by atoms with E-state index in [0.29, 0.717) is 11.2 Å². The standard InChI is InChI=1S/C9H13N5S/c1-5(2)15-8-6-4-11-14-7(6)12-9(10-3)13-8/h4-5H,1-3H3,(H2,10,11,12,13,14). The molecule has 6 heteroatoms. The molecule has 0 amide bonds. The van der Waals surface area contributed by atoms with Gasteiger partial charge in [0, 0.05) is 12.3 Å². The first-order chi connectivity index (χ1) is 7.20. The van der Waals surface area contributed by atoms with Gasteiger partial charge >= 0.3 is 0 Å². The molecule has 0 atom stereocenters. The summed E-state index contributed by atoms with van der Waals surface area (Å²) in [5, 5.41) is 12.2. The Hall–Kier alpha value is -1.30. The molecule has 0 radical (unpaired) electrons. The lowest BCUT2D eigenvalue weighted by atomic mass is 10.4. The van der Waals surface area contributed by atoms with E-state index < -0.39 is 0 Å². The number of hydrogen-bond acceptors (Lipinski definition) is 5. The van der Waals surface area contributed by atoms with E-state index in [-0.39, 0.29) is 0 Å². The van der Waals surface area contributed by atoms with Crippen LogP contribution in [-0.2, 0) is 0 Å². The molecule has 2 aromatic heterocycles. The van der Waals surface area contributed by atoms with E-state index in [9.17, 15) is 0 Å². The van der Waals surface area contributed by atoms with Crippen molar-refractivity contribution >= 4 is 28.7 Å². The van der Waals surface area contributed by atoms with Crippen molar-refractivity contribution in [3.8, 4) is 0 Å². The third-order valence-corrected chi connectivity index (χ3v) is 2.85. The summed E-state index contributed by atoms with van der Waals surface area (Å²) >= 11 is 1.71. The SMILES string of the molecule is CNc1nc(SC(C)C)c2cn[nH]c2n1. The lowest BCUT2D eigenvalue weighted by molar-refractivity contribution is 1.05. The van der Waals surface area contributed by atoms with Crippen LogP contribution in [0.15, 0.2) is 11.2 Å². The molecule has 0 saturated carbocycles. The molecule has 0 aliphatic rings. The Morgan fingerprint density at radius 2 is 2.20 bits per heavy atom. The number of fused-ring (bicyclic) bond motifs is 1. The third kappa shape index (κ3) is 2.04. The van der Waals surface area contributed by atoms with Crippen LogP contribution in [0, 0.1) is 0 Å². The van der Waals surface area contributed by atoms with Crippen molar-refractivity contribution in [1.82, 2.24) is 20.2 Å². The molecule has 5 nitrogen and oxygen atoms in total. The zero-order chi connectivity index (χ0) is 10.8. The van der Waals surface area contributed by atoms with Crippen molar-refractivity contribution in [2.75, 3.05) is 12.4 Å². The molecular weight excluding hydrogens is 210 g/mol. The molecule has 0 saturated heterocycles. The topological polar surface area (TPSA) is 66.5 Å². The maximum atomic E-state index is 4.41. The van der Waals surface area contributed by atoms with E-state index in [2.05, 4.69) is 39.3 Å². The van der Waals surface area contributed by atoms with Gasteiger partial charge in [-0.15, -0.1) is 11.8 Å². The number of aromatic nitrogens is 4. The van der Waals surface area contributed by atoms with Gasteiger partial charge < -0.3 is 5.32 Å². The van der Waals surface area contributed by atoms with Gasteiger partial charge in [-0.3, -0.25) is 5.10 Å². The van der Waals surface area contributed by atoms with Crippen molar-refractivity contribution < 1.29 is 0 Å². The first-order valence-electron chi connectivity index (χ1n) is 4.76. The minimum absolute atomic E-state index is 0.489. The molecule has 2 heterocycles. The molecule has 0 aliphatic heterocycles. The van der Waals surface area contributed by atoms with Gasteiger partial charge in [0.25, 0.3) is 0 Å². The van der Waals surface area contributed by atoms with E-state index in [1.165, 1.54) is 0 Å². The summed E-state index contributed by atoms with van der Waals surface area (Å²) in [4.78, 5) is 8.68. The van der Waals surface area contributed by atoms with Crippen LogP contribution in [0.3, 0.4) is 0 Å². The molecule has 0 unspecified atom stereocenters. The van der Waals surface area contributed by atoms with Gasteiger partial charge in [0.1, 0.15) is 5.03 Å². The predicted octanol–water partition coefficient (Wildman–Crippen LogP) is 1.90. The molecule has 0 aromatic carbocycles. The highest BCUT2D eigenvalue weighted by atomic mass is 32.2. The van der Waals surface area contributed by atoms with Gasteiger partial charge in [-0.2, -0.15) is 10.1 Å². The number of H-pyrrole nitrogens is 1. The number of aromatic amines is 1. The molecule has 2 rings (SSSR count). The van der Waals surface area contributed by atoms with Crippen LogP contribution in [-0.4, -0.2) is 32.5 Å². The van der Waals surface area contributed by atoms with Crippen LogP contribution in [0.5, 0.6) is 0 Å². The third-order valence-electron chi connectivity index (χ3n) is 1.85. The zero-order valence-corrected chi connectivity index (χ0v) is 9.72. The molecule has 2 aromatic rings. The van der Waals surface area contributed by atoms with Crippen molar-refractivity contribution in [3.63, 3.8) is 0 Å². The van der Waals surface area contributed by atoms with Gasteiger partial charge in [0.2, 0.25) is 5.95 Å². The van der Waals surface area contributed by atoms with Gasteiger partial charge in [-0.1, -0.05) is 13.8 Å². The summed E-state index contributed by atoms with van der Waals surface area (Å²) in [5.74, 6) is 0.620. The van der Waals surface area contributed by atoms with E-state index in [1.807, 2.05) is 0 Å². The average molecular weight is 223 g/mol. The first kappa shape index (κ1) is 10.2. The number of hydrogen-bond donors (Lipinski definition) is 2. The van der Waals surface area contributed by atoms with Crippen LogP contribution in [0.25, 0.3) is 11.0 Å². The smallest absolute Gasteiger partial charge is 0.225 e. The maximum Gasteiger partial charge on any atom is 0.225 e. The van der Waals surface area contributed by atoms with E-state index in [4.69, 9.17) is 0 Å². The highest BCUT2D eigenvalue weighted by molar-refractivity contribution is 8.00. The Kier molecular flexibility index (Phi) is 2.77. The minimum atomic E-state index is 0.489. The molecule has 0 aliphatic carbocycles. The predicted molar refractivity (Wildman–Crippen MR) is 62.2 cm³/mol. The van der Waals surface area contributed by atoms with E-state index in [0.717, 1.165) is 16.1 Å². The Bertz CT molecular complexity index is 464. The van der Waals surface area contributed by atoms with Crippen molar-refractivity contribution in [1.29, 1.82) is 0 Å². The zero-order valence-electron chi connectivity index (χ0n) is 8.90. The Morgan fingerprint density at radius 1 is 1.40 bits per heavy atom. The monoisotopic (exact) mass is 223 g/mol. The number of nitrogens with zero attached hydrogens (tertiary/aromatic N) is 3. The van der Waals surface area contributed by atoms with E-state index in [1.54, 1.807) is 25.0 Å². The Morgan fingerprint density at radius 3 is 2.87 bits per heavy atom. The summed E-state index contributed by atoms with van der Waals surface area (Å²) in [6.07, 6.45) is 1.76. The Balaban J connectivity index is 2.53. The highest BCUT2D eigenvalue weighted by Gasteiger charge is 2.10. The lowest BCUT2D eigenvalue weighted by Gasteiger charge is -2.06. The second-order valence-corrected chi connectivity index (χ2v) is 4.97. The van der Waals surface area contributed by atoms with Gasteiger partial charge in [0.15, 0.2) is 5.65 Å². The van der Waals surface area contributed by atoms with E-state index >= 15 is 0 Å². The number of thioether (sulfide) groups is 1. The van der Waals surface area contributed by atoms with Crippen LogP contribution in [0.1, 0.15) is 13.8 Å². The molecule has 15 heavy (non-hydrogen) atoms. The summed E-state index contributed by atoms with van der Waals surface area (Å²) in [5.41, 5.74) is 0.775. The second kappa shape index (κ2) is 4.06. The maximum absolute atomic E-state index is 4.41. The number of anilines is 1. The quantitative estimate of drug-likeness (QED) is 0.614.